The lowest BCUT2D eigenvalue weighted by atomic mass is 10.5. The van der Waals surface area contributed by atoms with Gasteiger partial charge in [-0.05, 0) is 15.9 Å². The van der Waals surface area contributed by atoms with Crippen molar-refractivity contribution in [2.24, 2.45) is 0 Å². The molecule has 0 aromatic carbocycles. The zero-order valence-corrected chi connectivity index (χ0v) is 7.78. The van der Waals surface area contributed by atoms with E-state index in [9.17, 15) is 4.79 Å². The highest BCUT2D eigenvalue weighted by atomic mass is 79.9. The summed E-state index contributed by atoms with van der Waals surface area (Å²) in [6, 6.07) is 0. The van der Waals surface area contributed by atoms with Crippen LogP contribution >= 0.6 is 15.9 Å². The highest BCUT2D eigenvalue weighted by molar-refractivity contribution is 9.10. The molecule has 0 spiro atoms. The first-order chi connectivity index (χ1) is 5.66. The molecule has 0 atom stereocenters. The zero-order valence-electron chi connectivity index (χ0n) is 6.20. The largest absolute Gasteiger partial charge is 0.505 e. The van der Waals surface area contributed by atoms with Crippen molar-refractivity contribution in [1.29, 1.82) is 0 Å². The lowest BCUT2D eigenvalue weighted by molar-refractivity contribution is 0.458. The summed E-state index contributed by atoms with van der Waals surface area (Å²) in [6.45, 7) is 3.80. The highest BCUT2D eigenvalue weighted by Crippen LogP contribution is 2.15. The first-order valence-electron chi connectivity index (χ1n) is 3.22. The summed E-state index contributed by atoms with van der Waals surface area (Å²) in [6.07, 6.45) is 2.76. The molecule has 0 bridgehead atoms. The van der Waals surface area contributed by atoms with Crippen LogP contribution in [0.1, 0.15) is 0 Å². The lowest BCUT2D eigenvalue weighted by Crippen LogP contribution is -2.22. The first-order valence-corrected chi connectivity index (χ1v) is 4.01. The number of allylic oxidation sites excluding steroid dienone is 1. The highest BCUT2D eigenvalue weighted by Gasteiger charge is 2.05. The topological polar surface area (TPSA) is 55.1 Å². The second-order valence-corrected chi connectivity index (χ2v) is 2.91. The van der Waals surface area contributed by atoms with Gasteiger partial charge in [-0.2, -0.15) is 5.10 Å². The van der Waals surface area contributed by atoms with Crippen LogP contribution in [0.15, 0.2) is 28.1 Å². The van der Waals surface area contributed by atoms with Crippen LogP contribution in [0.25, 0.3) is 0 Å². The van der Waals surface area contributed by atoms with Crippen LogP contribution in [0.2, 0.25) is 0 Å². The van der Waals surface area contributed by atoms with E-state index in [2.05, 4.69) is 27.6 Å². The number of aromatic nitrogens is 2. The number of hydrogen-bond donors (Lipinski definition) is 1. The van der Waals surface area contributed by atoms with Gasteiger partial charge in [-0.15, -0.1) is 6.58 Å². The van der Waals surface area contributed by atoms with Crippen molar-refractivity contribution in [2.75, 3.05) is 0 Å². The number of halogens is 1. The van der Waals surface area contributed by atoms with Crippen molar-refractivity contribution in [3.05, 3.63) is 33.7 Å². The van der Waals surface area contributed by atoms with Crippen molar-refractivity contribution in [3.63, 3.8) is 0 Å². The molecule has 1 aromatic heterocycles. The maximum absolute atomic E-state index is 11.2. The number of rotatable bonds is 2. The summed E-state index contributed by atoms with van der Waals surface area (Å²) in [5, 5.41) is 12.7. The predicted octanol–water partition coefficient (Wildman–Crippen LogP) is 0.897. The summed E-state index contributed by atoms with van der Waals surface area (Å²) >= 11 is 2.94. The van der Waals surface area contributed by atoms with Crippen molar-refractivity contribution in [2.45, 2.75) is 6.54 Å². The van der Waals surface area contributed by atoms with Gasteiger partial charge in [-0.25, -0.2) is 4.68 Å². The van der Waals surface area contributed by atoms with Gasteiger partial charge in [-0.3, -0.25) is 4.79 Å². The molecule has 0 saturated heterocycles. The number of hydrogen-bond acceptors (Lipinski definition) is 3. The van der Waals surface area contributed by atoms with Gasteiger partial charge in [0.15, 0.2) is 5.75 Å². The van der Waals surface area contributed by atoms with Crippen molar-refractivity contribution >= 4 is 15.9 Å². The van der Waals surface area contributed by atoms with E-state index >= 15 is 0 Å². The van der Waals surface area contributed by atoms with E-state index in [0.29, 0.717) is 6.54 Å². The van der Waals surface area contributed by atoms with Gasteiger partial charge in [0.1, 0.15) is 4.47 Å². The monoisotopic (exact) mass is 230 g/mol. The minimum atomic E-state index is -0.366. The fraction of sp³-hybridized carbons (Fsp3) is 0.143. The summed E-state index contributed by atoms with van der Waals surface area (Å²) in [4.78, 5) is 11.2. The van der Waals surface area contributed by atoms with Crippen molar-refractivity contribution < 1.29 is 5.11 Å². The molecular formula is C7H7BrN2O2. The Morgan fingerprint density at radius 3 is 3.08 bits per heavy atom. The van der Waals surface area contributed by atoms with Gasteiger partial charge in [-0.1, -0.05) is 6.08 Å². The van der Waals surface area contributed by atoms with Crippen LogP contribution < -0.4 is 5.56 Å². The standard InChI is InChI=1S/C7H7BrN2O2/c1-2-3-10-7(12)6(8)5(11)4-9-10/h2,4,11H,1,3H2. The number of aromatic hydroxyl groups is 1. The van der Waals surface area contributed by atoms with E-state index in [0.717, 1.165) is 0 Å². The van der Waals surface area contributed by atoms with E-state index in [1.807, 2.05) is 0 Å². The Morgan fingerprint density at radius 2 is 2.50 bits per heavy atom. The Morgan fingerprint density at radius 1 is 1.83 bits per heavy atom. The molecule has 1 aromatic rings. The molecule has 1 N–H and O–H groups in total. The molecule has 1 rings (SSSR count). The molecule has 4 nitrogen and oxygen atoms in total. The van der Waals surface area contributed by atoms with Crippen LogP contribution in [-0.4, -0.2) is 14.9 Å². The minimum Gasteiger partial charge on any atom is -0.505 e. The normalized spacial score (nSPS) is 9.75. The smallest absolute Gasteiger partial charge is 0.285 e. The van der Waals surface area contributed by atoms with Gasteiger partial charge in [0.2, 0.25) is 0 Å². The van der Waals surface area contributed by atoms with Gasteiger partial charge in [0.05, 0.1) is 12.7 Å². The molecule has 1 heterocycles. The summed E-state index contributed by atoms with van der Waals surface area (Å²) in [5.74, 6) is -0.152. The van der Waals surface area contributed by atoms with Crippen molar-refractivity contribution in [1.82, 2.24) is 9.78 Å². The molecule has 5 heteroatoms. The molecule has 0 unspecified atom stereocenters. The van der Waals surface area contributed by atoms with Crippen LogP contribution in [0.4, 0.5) is 0 Å². The molecule has 0 saturated carbocycles. The average Bonchev–Trinajstić information content (AvgIpc) is 2.07. The molecule has 0 amide bonds. The summed E-state index contributed by atoms with van der Waals surface area (Å²) < 4.78 is 1.32. The third-order valence-electron chi connectivity index (χ3n) is 1.27. The lowest BCUT2D eigenvalue weighted by Gasteiger charge is -2.01. The third kappa shape index (κ3) is 1.55. The summed E-state index contributed by atoms with van der Waals surface area (Å²) in [7, 11) is 0. The Kier molecular flexibility index (Phi) is 2.65. The van der Waals surface area contributed by atoms with E-state index in [1.54, 1.807) is 6.08 Å². The van der Waals surface area contributed by atoms with E-state index in [1.165, 1.54) is 10.9 Å². The Balaban J connectivity index is 3.26. The fourth-order valence-electron chi connectivity index (χ4n) is 0.709. The zero-order chi connectivity index (χ0) is 9.14. The van der Waals surface area contributed by atoms with E-state index < -0.39 is 0 Å². The number of nitrogens with zero attached hydrogens (tertiary/aromatic N) is 2. The van der Waals surface area contributed by atoms with E-state index in [4.69, 9.17) is 5.11 Å². The quantitative estimate of drug-likeness (QED) is 0.769. The molecule has 12 heavy (non-hydrogen) atoms. The van der Waals surface area contributed by atoms with Crippen LogP contribution in [0.5, 0.6) is 5.75 Å². The fourth-order valence-corrected chi connectivity index (χ4v) is 1.02. The van der Waals surface area contributed by atoms with Gasteiger partial charge < -0.3 is 5.11 Å². The second-order valence-electron chi connectivity index (χ2n) is 2.12. The molecular weight excluding hydrogens is 224 g/mol. The molecule has 0 aliphatic heterocycles. The first kappa shape index (κ1) is 8.99. The molecule has 0 fully saturated rings. The van der Waals surface area contributed by atoms with Crippen LogP contribution in [0, 0.1) is 0 Å². The molecule has 0 radical (unpaired) electrons. The Labute approximate surface area is 77.3 Å². The van der Waals surface area contributed by atoms with E-state index in [-0.39, 0.29) is 15.8 Å². The third-order valence-corrected chi connectivity index (χ3v) is 2.01. The Hall–Kier alpha value is -1.10. The Bertz CT molecular complexity index is 359. The van der Waals surface area contributed by atoms with Crippen LogP contribution in [0.3, 0.4) is 0 Å². The maximum Gasteiger partial charge on any atom is 0.285 e. The SMILES string of the molecule is C=CCn1ncc(O)c(Br)c1=O. The van der Waals surface area contributed by atoms with Gasteiger partial charge in [0, 0.05) is 0 Å². The van der Waals surface area contributed by atoms with Crippen molar-refractivity contribution in [3.8, 4) is 5.75 Å². The second kappa shape index (κ2) is 3.53. The summed E-state index contributed by atoms with van der Waals surface area (Å²) in [5.41, 5.74) is -0.366. The predicted molar refractivity (Wildman–Crippen MR) is 48.1 cm³/mol. The van der Waals surface area contributed by atoms with Gasteiger partial charge >= 0.3 is 0 Å². The van der Waals surface area contributed by atoms with Gasteiger partial charge in [0.25, 0.3) is 5.56 Å². The minimum absolute atomic E-state index is 0.124. The molecule has 0 aliphatic carbocycles. The molecule has 64 valence electrons. The maximum atomic E-state index is 11.2. The molecule has 0 aliphatic rings. The van der Waals surface area contributed by atoms with Crippen LogP contribution in [-0.2, 0) is 6.54 Å². The average molecular weight is 231 g/mol.